The summed E-state index contributed by atoms with van der Waals surface area (Å²) >= 11 is 0. The minimum absolute atomic E-state index is 0.158. The number of aromatic nitrogens is 3. The van der Waals surface area contributed by atoms with Gasteiger partial charge in [-0.3, -0.25) is 19.3 Å². The molecule has 3 aromatic rings. The molecule has 9 nitrogen and oxygen atoms in total. The molecule has 28 heavy (non-hydrogen) atoms. The van der Waals surface area contributed by atoms with Crippen LogP contribution in [0.4, 0.5) is 5.69 Å². The molecule has 0 N–H and O–H groups in total. The molecule has 0 bridgehead atoms. The Hall–Kier alpha value is -3.49. The van der Waals surface area contributed by atoms with Gasteiger partial charge in [0.15, 0.2) is 17.2 Å². The third-order valence-corrected chi connectivity index (χ3v) is 4.85. The molecule has 0 saturated carbocycles. The Morgan fingerprint density at radius 3 is 2.96 bits per heavy atom. The van der Waals surface area contributed by atoms with Crippen molar-refractivity contribution in [2.24, 2.45) is 0 Å². The fourth-order valence-corrected chi connectivity index (χ4v) is 3.60. The third-order valence-electron chi connectivity index (χ3n) is 4.85. The number of carbonyl (C=O) groups excluding carboxylic acids is 1. The van der Waals surface area contributed by atoms with Crippen LogP contribution in [-0.2, 0) is 0 Å². The molecular weight excluding hydrogens is 362 g/mol. The van der Waals surface area contributed by atoms with Crippen molar-refractivity contribution < 1.29 is 14.5 Å². The highest BCUT2D eigenvalue weighted by Crippen LogP contribution is 2.34. The van der Waals surface area contributed by atoms with Gasteiger partial charge in [-0.05, 0) is 44.0 Å². The third kappa shape index (κ3) is 3.04. The Kier molecular flexibility index (Phi) is 4.64. The smallest absolute Gasteiger partial charge is 0.311 e. The fraction of sp³-hybridized carbons (Fsp3) is 0.316. The quantitative estimate of drug-likeness (QED) is 0.497. The lowest BCUT2D eigenvalue weighted by Crippen LogP contribution is -2.31. The van der Waals surface area contributed by atoms with Crippen molar-refractivity contribution in [3.05, 3.63) is 64.1 Å². The first-order chi connectivity index (χ1) is 13.6. The summed E-state index contributed by atoms with van der Waals surface area (Å²) in [5.74, 6) is 0.591. The van der Waals surface area contributed by atoms with Crippen molar-refractivity contribution >= 4 is 17.2 Å². The highest BCUT2D eigenvalue weighted by Gasteiger charge is 2.34. The van der Waals surface area contributed by atoms with Gasteiger partial charge in [-0.1, -0.05) is 6.07 Å². The molecule has 1 atom stereocenters. The molecule has 0 aliphatic carbocycles. The summed E-state index contributed by atoms with van der Waals surface area (Å²) in [6.07, 6.45) is 3.46. The molecular formula is C19H19N5O4. The zero-order valence-electron chi connectivity index (χ0n) is 15.3. The number of carbonyl (C=O) groups is 1. The largest absolute Gasteiger partial charge is 0.487 e. The van der Waals surface area contributed by atoms with E-state index >= 15 is 0 Å². The van der Waals surface area contributed by atoms with Crippen LogP contribution in [-0.4, -0.2) is 43.5 Å². The molecule has 1 saturated heterocycles. The predicted molar refractivity (Wildman–Crippen MR) is 100 cm³/mol. The number of nitro groups is 1. The molecule has 0 radical (unpaired) electrons. The number of amides is 1. The minimum Gasteiger partial charge on any atom is -0.487 e. The van der Waals surface area contributed by atoms with Crippen LogP contribution in [0.15, 0.2) is 42.6 Å². The number of nitrogens with zero attached hydrogens (tertiary/aromatic N) is 5. The van der Waals surface area contributed by atoms with Gasteiger partial charge in [0.05, 0.1) is 17.6 Å². The van der Waals surface area contributed by atoms with Crippen LogP contribution in [0.1, 0.15) is 42.0 Å². The molecule has 9 heteroatoms. The highest BCUT2D eigenvalue weighted by atomic mass is 16.6. The van der Waals surface area contributed by atoms with E-state index in [2.05, 4.69) is 10.2 Å². The van der Waals surface area contributed by atoms with Crippen molar-refractivity contribution in [1.82, 2.24) is 19.5 Å². The molecule has 1 aliphatic rings. The Morgan fingerprint density at radius 1 is 1.32 bits per heavy atom. The second-order valence-electron chi connectivity index (χ2n) is 6.52. The van der Waals surface area contributed by atoms with Crippen molar-refractivity contribution in [2.45, 2.75) is 25.8 Å². The fourth-order valence-electron chi connectivity index (χ4n) is 3.60. The number of hydrogen-bond donors (Lipinski definition) is 0. The van der Waals surface area contributed by atoms with Gasteiger partial charge >= 0.3 is 5.69 Å². The van der Waals surface area contributed by atoms with E-state index in [9.17, 15) is 14.9 Å². The zero-order valence-corrected chi connectivity index (χ0v) is 15.3. The van der Waals surface area contributed by atoms with E-state index < -0.39 is 4.92 Å². The van der Waals surface area contributed by atoms with Gasteiger partial charge in [0.1, 0.15) is 0 Å². The zero-order chi connectivity index (χ0) is 19.7. The van der Waals surface area contributed by atoms with Crippen LogP contribution >= 0.6 is 0 Å². The molecule has 1 aromatic carbocycles. The SMILES string of the molecule is CCOc1ccc(C(=O)N2CCC[C@H]2c2nnc3ccccn23)cc1[N+](=O)[O-]. The van der Waals surface area contributed by atoms with E-state index in [-0.39, 0.29) is 28.9 Å². The van der Waals surface area contributed by atoms with E-state index in [1.165, 1.54) is 12.1 Å². The summed E-state index contributed by atoms with van der Waals surface area (Å²) < 4.78 is 7.17. The van der Waals surface area contributed by atoms with Gasteiger partial charge in [0.2, 0.25) is 0 Å². The minimum atomic E-state index is -0.532. The molecule has 1 fully saturated rings. The van der Waals surface area contributed by atoms with Crippen LogP contribution in [0.2, 0.25) is 0 Å². The number of ether oxygens (including phenoxy) is 1. The molecule has 2 aromatic heterocycles. The van der Waals surface area contributed by atoms with Crippen molar-refractivity contribution in [3.63, 3.8) is 0 Å². The van der Waals surface area contributed by atoms with Crippen molar-refractivity contribution in [1.29, 1.82) is 0 Å². The number of hydrogen-bond acceptors (Lipinski definition) is 6. The van der Waals surface area contributed by atoms with Crippen LogP contribution in [0, 0.1) is 10.1 Å². The lowest BCUT2D eigenvalue weighted by atomic mass is 10.1. The normalized spacial score (nSPS) is 16.5. The summed E-state index contributed by atoms with van der Waals surface area (Å²) in [5.41, 5.74) is 0.765. The van der Waals surface area contributed by atoms with Crippen molar-refractivity contribution in [3.8, 4) is 5.75 Å². The van der Waals surface area contributed by atoms with E-state index in [0.717, 1.165) is 12.8 Å². The van der Waals surface area contributed by atoms with Gasteiger partial charge < -0.3 is 9.64 Å². The average molecular weight is 381 g/mol. The first-order valence-electron chi connectivity index (χ1n) is 9.12. The molecule has 0 spiro atoms. The van der Waals surface area contributed by atoms with Crippen LogP contribution in [0.25, 0.3) is 5.65 Å². The molecule has 3 heterocycles. The second kappa shape index (κ2) is 7.26. The second-order valence-corrected chi connectivity index (χ2v) is 6.52. The lowest BCUT2D eigenvalue weighted by molar-refractivity contribution is -0.385. The van der Waals surface area contributed by atoms with Gasteiger partial charge in [0, 0.05) is 24.4 Å². The molecule has 4 rings (SSSR count). The Balaban J connectivity index is 1.67. The first-order valence-corrected chi connectivity index (χ1v) is 9.12. The molecule has 1 amide bonds. The summed E-state index contributed by atoms with van der Waals surface area (Å²) in [4.78, 5) is 25.7. The summed E-state index contributed by atoms with van der Waals surface area (Å²) in [7, 11) is 0. The summed E-state index contributed by atoms with van der Waals surface area (Å²) in [5, 5.41) is 19.8. The maximum absolute atomic E-state index is 13.1. The number of pyridine rings is 1. The summed E-state index contributed by atoms with van der Waals surface area (Å²) in [6, 6.07) is 9.72. The Morgan fingerprint density at radius 2 is 2.18 bits per heavy atom. The number of likely N-dealkylation sites (tertiary alicyclic amines) is 1. The topological polar surface area (TPSA) is 103 Å². The van der Waals surface area contributed by atoms with Gasteiger partial charge in [-0.15, -0.1) is 10.2 Å². The standard InChI is InChI=1S/C19H19N5O4/c1-2-28-16-9-8-13(12-15(16)24(26)27)19(25)22-11-5-6-14(22)18-21-20-17-7-3-4-10-23(17)18/h3-4,7-10,12,14H,2,5-6,11H2,1H3/t14-/m0/s1. The van der Waals surface area contributed by atoms with E-state index in [1.54, 1.807) is 17.9 Å². The maximum atomic E-state index is 13.1. The van der Waals surface area contributed by atoms with E-state index in [0.29, 0.717) is 24.6 Å². The Labute approximate surface area is 160 Å². The van der Waals surface area contributed by atoms with Crippen molar-refractivity contribution in [2.75, 3.05) is 13.2 Å². The summed E-state index contributed by atoms with van der Waals surface area (Å²) in [6.45, 7) is 2.62. The molecule has 0 unspecified atom stereocenters. The van der Waals surface area contributed by atoms with E-state index in [1.807, 2.05) is 28.8 Å². The maximum Gasteiger partial charge on any atom is 0.311 e. The van der Waals surface area contributed by atoms with Crippen LogP contribution in [0.5, 0.6) is 5.75 Å². The number of fused-ring (bicyclic) bond motifs is 1. The van der Waals surface area contributed by atoms with Crippen LogP contribution in [0.3, 0.4) is 0 Å². The van der Waals surface area contributed by atoms with Crippen LogP contribution < -0.4 is 4.74 Å². The number of benzene rings is 1. The first kappa shape index (κ1) is 17.9. The van der Waals surface area contributed by atoms with Gasteiger partial charge in [0.25, 0.3) is 5.91 Å². The molecule has 1 aliphatic heterocycles. The Bertz CT molecular complexity index is 1050. The average Bonchev–Trinajstić information content (AvgIpc) is 3.34. The molecule has 144 valence electrons. The lowest BCUT2D eigenvalue weighted by Gasteiger charge is -2.23. The number of nitro benzene ring substituents is 1. The monoisotopic (exact) mass is 381 g/mol. The number of rotatable bonds is 5. The predicted octanol–water partition coefficient (Wildman–Crippen LogP) is 3.01. The highest BCUT2D eigenvalue weighted by molar-refractivity contribution is 5.95. The van der Waals surface area contributed by atoms with Gasteiger partial charge in [-0.2, -0.15) is 0 Å². The van der Waals surface area contributed by atoms with Gasteiger partial charge in [-0.25, -0.2) is 0 Å². The van der Waals surface area contributed by atoms with E-state index in [4.69, 9.17) is 4.74 Å².